The van der Waals surface area contributed by atoms with E-state index in [0.29, 0.717) is 19.0 Å². The normalized spacial score (nSPS) is 19.5. The van der Waals surface area contributed by atoms with Crippen LogP contribution in [0.1, 0.15) is 49.7 Å². The summed E-state index contributed by atoms with van der Waals surface area (Å²) in [6, 6.07) is 13.7. The van der Waals surface area contributed by atoms with Crippen molar-refractivity contribution >= 4 is 11.9 Å². The fourth-order valence-corrected chi connectivity index (χ4v) is 4.81. The molecular weight excluding hydrogens is 414 g/mol. The highest BCUT2D eigenvalue weighted by Gasteiger charge is 2.31. The number of guanidine groups is 1. The Morgan fingerprint density at radius 3 is 2.52 bits per heavy atom. The van der Waals surface area contributed by atoms with Crippen molar-refractivity contribution in [1.82, 2.24) is 20.1 Å². The maximum atomic E-state index is 12.8. The topological polar surface area (TPSA) is 78.7 Å². The Bertz CT molecular complexity index is 1010. The van der Waals surface area contributed by atoms with Crippen LogP contribution in [0.3, 0.4) is 0 Å². The van der Waals surface area contributed by atoms with Crippen molar-refractivity contribution in [3.63, 3.8) is 0 Å². The van der Waals surface area contributed by atoms with E-state index < -0.39 is 0 Å². The van der Waals surface area contributed by atoms with E-state index in [4.69, 9.17) is 0 Å². The third-order valence-electron chi connectivity index (χ3n) is 6.75. The van der Waals surface area contributed by atoms with Crippen LogP contribution in [0, 0.1) is 5.92 Å². The molecule has 0 spiro atoms. The molecule has 1 unspecified atom stereocenters. The Hall–Kier alpha value is -3.09. The van der Waals surface area contributed by atoms with Gasteiger partial charge in [0.15, 0.2) is 5.96 Å². The van der Waals surface area contributed by atoms with Crippen molar-refractivity contribution in [2.75, 3.05) is 20.1 Å². The van der Waals surface area contributed by atoms with Crippen molar-refractivity contribution in [2.24, 2.45) is 10.9 Å². The standard InChI is InChI=1S/C26H35N5O2/c1-27-26(29-23-14-16-31(19-23)25(33)22-7-3-2-4-8-22)28-17-20-10-12-21(13-11-20)18-30-15-6-5-9-24(30)32/h5-6,9-13,15,22-23H,2-4,7-8,14,16-19H2,1H3,(H2,27,28,29). The number of nitrogens with one attached hydrogen (secondary N) is 2. The molecule has 1 aromatic heterocycles. The monoisotopic (exact) mass is 449 g/mol. The Labute approximate surface area is 195 Å². The third-order valence-corrected chi connectivity index (χ3v) is 6.75. The predicted molar refractivity (Wildman–Crippen MR) is 131 cm³/mol. The van der Waals surface area contributed by atoms with Crippen LogP contribution in [-0.2, 0) is 17.9 Å². The van der Waals surface area contributed by atoms with Crippen LogP contribution in [0.15, 0.2) is 58.4 Å². The van der Waals surface area contributed by atoms with E-state index in [1.165, 1.54) is 19.3 Å². The van der Waals surface area contributed by atoms with Crippen LogP contribution in [0.4, 0.5) is 0 Å². The first-order chi connectivity index (χ1) is 16.1. The molecule has 1 saturated carbocycles. The molecule has 2 fully saturated rings. The summed E-state index contributed by atoms with van der Waals surface area (Å²) in [5.41, 5.74) is 2.23. The Kier molecular flexibility index (Phi) is 7.81. The van der Waals surface area contributed by atoms with E-state index in [-0.39, 0.29) is 17.5 Å². The van der Waals surface area contributed by atoms with Gasteiger partial charge in [0, 0.05) is 50.9 Å². The van der Waals surface area contributed by atoms with E-state index in [2.05, 4.69) is 39.9 Å². The molecule has 7 nitrogen and oxygen atoms in total. The fourth-order valence-electron chi connectivity index (χ4n) is 4.81. The highest BCUT2D eigenvalue weighted by molar-refractivity contribution is 5.81. The highest BCUT2D eigenvalue weighted by atomic mass is 16.2. The number of nitrogens with zero attached hydrogens (tertiary/aromatic N) is 3. The fraction of sp³-hybridized carbons (Fsp3) is 0.500. The first-order valence-electron chi connectivity index (χ1n) is 12.1. The minimum absolute atomic E-state index is 0.00374. The zero-order valence-corrected chi connectivity index (χ0v) is 19.5. The van der Waals surface area contributed by atoms with Gasteiger partial charge in [0.25, 0.3) is 5.56 Å². The summed E-state index contributed by atoms with van der Waals surface area (Å²) in [7, 11) is 1.77. The van der Waals surface area contributed by atoms with E-state index in [9.17, 15) is 9.59 Å². The average Bonchev–Trinajstić information content (AvgIpc) is 3.32. The maximum absolute atomic E-state index is 12.8. The first-order valence-corrected chi connectivity index (χ1v) is 12.1. The van der Waals surface area contributed by atoms with Crippen LogP contribution >= 0.6 is 0 Å². The molecule has 1 aliphatic heterocycles. The number of rotatable bonds is 6. The number of carbonyl (C=O) groups is 1. The lowest BCUT2D eigenvalue weighted by atomic mass is 9.88. The minimum atomic E-state index is 0.00374. The van der Waals surface area contributed by atoms with Gasteiger partial charge in [0.2, 0.25) is 5.91 Å². The number of likely N-dealkylation sites (tertiary alicyclic amines) is 1. The third kappa shape index (κ3) is 6.24. The molecule has 7 heteroatoms. The van der Waals surface area contributed by atoms with E-state index in [0.717, 1.165) is 49.4 Å². The summed E-state index contributed by atoms with van der Waals surface area (Å²) in [5, 5.41) is 6.86. The molecule has 2 N–H and O–H groups in total. The molecule has 1 aliphatic carbocycles. The zero-order valence-electron chi connectivity index (χ0n) is 19.5. The lowest BCUT2D eigenvalue weighted by Gasteiger charge is -2.26. The van der Waals surface area contributed by atoms with Gasteiger partial charge in [-0.1, -0.05) is 49.6 Å². The molecule has 176 valence electrons. The molecule has 0 bridgehead atoms. The van der Waals surface area contributed by atoms with Gasteiger partial charge in [-0.3, -0.25) is 14.6 Å². The molecular formula is C26H35N5O2. The minimum Gasteiger partial charge on any atom is -0.352 e. The number of amides is 1. The van der Waals surface area contributed by atoms with Crippen molar-refractivity contribution < 1.29 is 4.79 Å². The smallest absolute Gasteiger partial charge is 0.250 e. The number of hydrogen-bond donors (Lipinski definition) is 2. The van der Waals surface area contributed by atoms with Gasteiger partial charge in [-0.15, -0.1) is 0 Å². The van der Waals surface area contributed by atoms with Gasteiger partial charge < -0.3 is 20.1 Å². The Balaban J connectivity index is 1.24. The summed E-state index contributed by atoms with van der Waals surface area (Å²) < 4.78 is 1.70. The summed E-state index contributed by atoms with van der Waals surface area (Å²) in [6.07, 6.45) is 8.51. The molecule has 33 heavy (non-hydrogen) atoms. The van der Waals surface area contributed by atoms with Gasteiger partial charge in [0.05, 0.1) is 6.54 Å². The van der Waals surface area contributed by atoms with Crippen molar-refractivity contribution in [3.8, 4) is 0 Å². The lowest BCUT2D eigenvalue weighted by molar-refractivity contribution is -0.135. The Morgan fingerprint density at radius 2 is 1.79 bits per heavy atom. The van der Waals surface area contributed by atoms with Gasteiger partial charge >= 0.3 is 0 Å². The maximum Gasteiger partial charge on any atom is 0.250 e. The quantitative estimate of drug-likeness (QED) is 0.525. The van der Waals surface area contributed by atoms with E-state index in [1.54, 1.807) is 29.9 Å². The molecule has 2 aromatic rings. The van der Waals surface area contributed by atoms with Crippen molar-refractivity contribution in [3.05, 3.63) is 70.1 Å². The number of carbonyl (C=O) groups excluding carboxylic acids is 1. The molecule has 4 rings (SSSR count). The molecule has 2 heterocycles. The second kappa shape index (κ2) is 11.2. The van der Waals surface area contributed by atoms with Crippen LogP contribution < -0.4 is 16.2 Å². The SMILES string of the molecule is CN=C(NCc1ccc(Cn2ccccc2=O)cc1)NC1CCN(C(=O)C2CCCCC2)C1. The summed E-state index contributed by atoms with van der Waals surface area (Å²) in [6.45, 7) is 2.80. The number of benzene rings is 1. The molecule has 0 radical (unpaired) electrons. The lowest BCUT2D eigenvalue weighted by Crippen LogP contribution is -2.45. The predicted octanol–water partition coefficient (Wildman–Crippen LogP) is 2.74. The summed E-state index contributed by atoms with van der Waals surface area (Å²) in [5.74, 6) is 1.34. The molecule has 1 aromatic carbocycles. The van der Waals surface area contributed by atoms with Gasteiger partial charge in [0.1, 0.15) is 0 Å². The van der Waals surface area contributed by atoms with Gasteiger partial charge in [-0.25, -0.2) is 0 Å². The van der Waals surface area contributed by atoms with Crippen molar-refractivity contribution in [2.45, 2.75) is 57.7 Å². The average molecular weight is 450 g/mol. The van der Waals surface area contributed by atoms with Crippen LogP contribution in [0.2, 0.25) is 0 Å². The number of pyridine rings is 1. The molecule has 1 amide bonds. The van der Waals surface area contributed by atoms with Crippen molar-refractivity contribution in [1.29, 1.82) is 0 Å². The summed E-state index contributed by atoms with van der Waals surface area (Å²) >= 11 is 0. The van der Waals surface area contributed by atoms with Gasteiger partial charge in [-0.05, 0) is 36.5 Å². The van der Waals surface area contributed by atoms with Crippen LogP contribution in [0.5, 0.6) is 0 Å². The molecule has 1 atom stereocenters. The number of aromatic nitrogens is 1. The Morgan fingerprint density at radius 1 is 1.03 bits per heavy atom. The number of aliphatic imine (C=N–C) groups is 1. The second-order valence-electron chi connectivity index (χ2n) is 9.16. The first kappa shape index (κ1) is 23.1. The summed E-state index contributed by atoms with van der Waals surface area (Å²) in [4.78, 5) is 31.1. The zero-order chi connectivity index (χ0) is 23.0. The second-order valence-corrected chi connectivity index (χ2v) is 9.16. The molecule has 2 aliphatic rings. The van der Waals surface area contributed by atoms with Crippen LogP contribution in [-0.4, -0.2) is 47.5 Å². The van der Waals surface area contributed by atoms with Crippen LogP contribution in [0.25, 0.3) is 0 Å². The largest absolute Gasteiger partial charge is 0.352 e. The van der Waals surface area contributed by atoms with Gasteiger partial charge in [-0.2, -0.15) is 0 Å². The van der Waals surface area contributed by atoms with E-state index >= 15 is 0 Å². The van der Waals surface area contributed by atoms with E-state index in [1.807, 2.05) is 11.0 Å². The number of hydrogen-bond acceptors (Lipinski definition) is 3. The highest BCUT2D eigenvalue weighted by Crippen LogP contribution is 2.26. The molecule has 1 saturated heterocycles.